The van der Waals surface area contributed by atoms with E-state index < -0.39 is 0 Å². The Kier molecular flexibility index (Phi) is 4.37. The monoisotopic (exact) mass is 410 g/mol. The Morgan fingerprint density at radius 1 is 1.00 bits per heavy atom. The largest absolute Gasteiger partial charge is 0.462 e. The molecule has 140 valence electrons. The predicted molar refractivity (Wildman–Crippen MR) is 100 cm³/mol. The lowest BCUT2D eigenvalue weighted by Gasteiger charge is -2.60. The van der Waals surface area contributed by atoms with Gasteiger partial charge in [-0.25, -0.2) is 0 Å². The van der Waals surface area contributed by atoms with Gasteiger partial charge in [0.2, 0.25) is 0 Å². The molecule has 0 bridgehead atoms. The molecule has 0 heterocycles. The van der Waals surface area contributed by atoms with E-state index in [-0.39, 0.29) is 22.3 Å². The number of esters is 1. The number of fused-ring (bicyclic) bond motifs is 5. The third kappa shape index (κ3) is 2.56. The molecule has 8 atom stereocenters. The number of ketones is 1. The normalized spacial score (nSPS) is 52.1. The zero-order chi connectivity index (χ0) is 18.0. The van der Waals surface area contributed by atoms with Crippen LogP contribution in [-0.4, -0.2) is 22.7 Å². The van der Waals surface area contributed by atoms with Crippen LogP contribution in [0.2, 0.25) is 0 Å². The highest BCUT2D eigenvalue weighted by atomic mass is 79.9. The molecule has 4 fully saturated rings. The number of Topliss-reactive ketones (excluding diaryl/α,β-unsaturated/α-hetero) is 1. The molecule has 0 amide bonds. The fourth-order valence-electron chi connectivity index (χ4n) is 7.44. The highest BCUT2D eigenvalue weighted by molar-refractivity contribution is 9.10. The first kappa shape index (κ1) is 18.0. The third-order valence-corrected chi connectivity index (χ3v) is 9.88. The summed E-state index contributed by atoms with van der Waals surface area (Å²) < 4.78 is 5.74. The van der Waals surface area contributed by atoms with Crippen molar-refractivity contribution in [3.63, 3.8) is 0 Å². The van der Waals surface area contributed by atoms with E-state index in [0.29, 0.717) is 23.0 Å². The minimum atomic E-state index is -0.127. The van der Waals surface area contributed by atoms with Crippen LogP contribution in [0.4, 0.5) is 0 Å². The standard InChI is InChI=1S/C21H31BrO3/c1-12(23)25-18-7-6-14-13-4-5-16-19(22)17(24)9-11-20(16,2)15(13)8-10-21(14,18)3/h13-16,18-19H,4-11H2,1-3H3/t13-,14-,15-,16+,18-,19-,20+,21-/m0/s1. The first-order chi connectivity index (χ1) is 11.8. The molecule has 0 spiro atoms. The van der Waals surface area contributed by atoms with Crippen LogP contribution in [0.15, 0.2) is 0 Å². The van der Waals surface area contributed by atoms with E-state index in [0.717, 1.165) is 31.1 Å². The average Bonchev–Trinajstić information content (AvgIpc) is 2.88. The van der Waals surface area contributed by atoms with Gasteiger partial charge in [-0.05, 0) is 74.0 Å². The zero-order valence-electron chi connectivity index (χ0n) is 15.7. The lowest BCUT2D eigenvalue weighted by molar-refractivity contribution is -0.161. The summed E-state index contributed by atoms with van der Waals surface area (Å²) in [4.78, 5) is 23.8. The van der Waals surface area contributed by atoms with Crippen molar-refractivity contribution in [3.8, 4) is 0 Å². The van der Waals surface area contributed by atoms with Crippen LogP contribution in [-0.2, 0) is 14.3 Å². The first-order valence-corrected chi connectivity index (χ1v) is 11.0. The van der Waals surface area contributed by atoms with Gasteiger partial charge in [0, 0.05) is 18.8 Å². The van der Waals surface area contributed by atoms with Crippen LogP contribution in [0.5, 0.6) is 0 Å². The molecule has 0 aromatic heterocycles. The van der Waals surface area contributed by atoms with Crippen molar-refractivity contribution >= 4 is 27.7 Å². The minimum Gasteiger partial charge on any atom is -0.462 e. The molecular formula is C21H31BrO3. The number of carbonyl (C=O) groups is 2. The van der Waals surface area contributed by atoms with E-state index in [2.05, 4.69) is 29.8 Å². The maximum atomic E-state index is 12.2. The summed E-state index contributed by atoms with van der Waals surface area (Å²) >= 11 is 3.74. The zero-order valence-corrected chi connectivity index (χ0v) is 17.3. The van der Waals surface area contributed by atoms with Crippen molar-refractivity contribution in [2.45, 2.75) is 83.1 Å². The minimum absolute atomic E-state index is 0.0675. The number of ether oxygens (including phenoxy) is 1. The van der Waals surface area contributed by atoms with E-state index in [4.69, 9.17) is 4.74 Å². The summed E-state index contributed by atoms with van der Waals surface area (Å²) in [6.45, 7) is 6.39. The Labute approximate surface area is 159 Å². The van der Waals surface area contributed by atoms with Crippen LogP contribution in [0.1, 0.15) is 72.1 Å². The van der Waals surface area contributed by atoms with Crippen LogP contribution in [0, 0.1) is 34.5 Å². The second-order valence-electron chi connectivity index (χ2n) is 9.65. The molecule has 4 heteroatoms. The lowest BCUT2D eigenvalue weighted by Crippen LogP contribution is -2.56. The molecule has 25 heavy (non-hydrogen) atoms. The highest BCUT2D eigenvalue weighted by Crippen LogP contribution is 2.66. The van der Waals surface area contributed by atoms with Gasteiger partial charge in [-0.2, -0.15) is 0 Å². The molecule has 4 aliphatic carbocycles. The second kappa shape index (κ2) is 6.07. The molecule has 4 aliphatic rings. The summed E-state index contributed by atoms with van der Waals surface area (Å²) in [5, 5.41) is 0. The summed E-state index contributed by atoms with van der Waals surface area (Å²) in [7, 11) is 0. The van der Waals surface area contributed by atoms with Gasteiger partial charge in [0.15, 0.2) is 0 Å². The molecular weight excluding hydrogens is 380 g/mol. The summed E-state index contributed by atoms with van der Waals surface area (Å²) in [5.74, 6) is 2.95. The van der Waals surface area contributed by atoms with Crippen molar-refractivity contribution in [3.05, 3.63) is 0 Å². The van der Waals surface area contributed by atoms with E-state index in [9.17, 15) is 9.59 Å². The number of halogens is 1. The average molecular weight is 411 g/mol. The van der Waals surface area contributed by atoms with Crippen molar-refractivity contribution < 1.29 is 14.3 Å². The van der Waals surface area contributed by atoms with Gasteiger partial charge in [0.05, 0.1) is 4.83 Å². The van der Waals surface area contributed by atoms with E-state index in [1.54, 1.807) is 6.92 Å². The van der Waals surface area contributed by atoms with Crippen LogP contribution < -0.4 is 0 Å². The van der Waals surface area contributed by atoms with Crippen LogP contribution in [0.25, 0.3) is 0 Å². The molecule has 0 aliphatic heterocycles. The Bertz CT molecular complexity index is 590. The molecule has 0 aromatic rings. The smallest absolute Gasteiger partial charge is 0.302 e. The number of alkyl halides is 1. The Hall–Kier alpha value is -0.380. The lowest BCUT2D eigenvalue weighted by atomic mass is 9.45. The first-order valence-electron chi connectivity index (χ1n) is 10.1. The van der Waals surface area contributed by atoms with Gasteiger partial charge >= 0.3 is 5.97 Å². The summed E-state index contributed by atoms with van der Waals surface area (Å²) in [6, 6.07) is 0. The molecule has 3 nitrogen and oxygen atoms in total. The van der Waals surface area contributed by atoms with Gasteiger partial charge < -0.3 is 4.74 Å². The van der Waals surface area contributed by atoms with Crippen LogP contribution in [0.3, 0.4) is 0 Å². The predicted octanol–water partition coefficient (Wildman–Crippen LogP) is 4.90. The number of rotatable bonds is 1. The molecule has 0 N–H and O–H groups in total. The van der Waals surface area contributed by atoms with Crippen LogP contribution >= 0.6 is 15.9 Å². The topological polar surface area (TPSA) is 43.4 Å². The van der Waals surface area contributed by atoms with Gasteiger partial charge in [-0.15, -0.1) is 0 Å². The van der Waals surface area contributed by atoms with Gasteiger partial charge in [-0.1, -0.05) is 29.8 Å². The van der Waals surface area contributed by atoms with E-state index in [1.807, 2.05) is 0 Å². The number of hydrogen-bond acceptors (Lipinski definition) is 3. The van der Waals surface area contributed by atoms with Crippen molar-refractivity contribution in [1.82, 2.24) is 0 Å². The summed E-state index contributed by atoms with van der Waals surface area (Å²) in [5.41, 5.74) is 0.458. The number of hydrogen-bond donors (Lipinski definition) is 0. The maximum Gasteiger partial charge on any atom is 0.302 e. The fourth-order valence-corrected chi connectivity index (χ4v) is 8.53. The molecule has 0 unspecified atom stereocenters. The molecule has 4 rings (SSSR count). The molecule has 0 radical (unpaired) electrons. The van der Waals surface area contributed by atoms with Crippen molar-refractivity contribution in [1.29, 1.82) is 0 Å². The highest BCUT2D eigenvalue weighted by Gasteiger charge is 2.62. The maximum absolute atomic E-state index is 12.2. The fraction of sp³-hybridized carbons (Fsp3) is 0.905. The third-order valence-electron chi connectivity index (χ3n) is 8.73. The quantitative estimate of drug-likeness (QED) is 0.455. The van der Waals surface area contributed by atoms with Crippen molar-refractivity contribution in [2.75, 3.05) is 0 Å². The second-order valence-corrected chi connectivity index (χ2v) is 10.6. The number of carbonyl (C=O) groups excluding carboxylic acids is 2. The molecule has 0 aromatic carbocycles. The SMILES string of the molecule is CC(=O)O[C@H]1CC[C@H]2[C@@H]3CC[C@@H]4[C@H](Br)C(=O)CC[C@]4(C)[C@H]3CC[C@]12C. The van der Waals surface area contributed by atoms with E-state index in [1.165, 1.54) is 32.1 Å². The summed E-state index contributed by atoms with van der Waals surface area (Å²) in [6.07, 6.45) is 8.96. The van der Waals surface area contributed by atoms with Gasteiger partial charge in [-0.3, -0.25) is 9.59 Å². The molecule has 4 saturated carbocycles. The van der Waals surface area contributed by atoms with Gasteiger partial charge in [0.25, 0.3) is 0 Å². The Balaban J connectivity index is 1.60. The van der Waals surface area contributed by atoms with E-state index >= 15 is 0 Å². The Morgan fingerprint density at radius 2 is 1.68 bits per heavy atom. The molecule has 0 saturated heterocycles. The van der Waals surface area contributed by atoms with Gasteiger partial charge in [0.1, 0.15) is 11.9 Å². The van der Waals surface area contributed by atoms with Crippen molar-refractivity contribution in [2.24, 2.45) is 34.5 Å². The Morgan fingerprint density at radius 3 is 2.40 bits per heavy atom.